The van der Waals surface area contributed by atoms with Crippen molar-refractivity contribution in [1.82, 2.24) is 0 Å². The first-order chi connectivity index (χ1) is 19.9. The molecule has 2 aromatic rings. The Labute approximate surface area is 240 Å². The Morgan fingerprint density at radius 3 is 2.10 bits per heavy atom. The van der Waals surface area contributed by atoms with E-state index in [-0.39, 0.29) is 5.75 Å². The number of aromatic hydroxyl groups is 2. The summed E-state index contributed by atoms with van der Waals surface area (Å²) < 4.78 is 27.3. The molecule has 0 unspecified atom stereocenters. The zero-order valence-electron chi connectivity index (χ0n) is 22.6. The molecular formula is C28H34O14. The molecule has 8 N–H and O–H groups in total. The van der Waals surface area contributed by atoms with Crippen LogP contribution in [0.3, 0.4) is 0 Å². The minimum atomic E-state index is -1.78. The van der Waals surface area contributed by atoms with E-state index in [2.05, 4.69) is 0 Å². The van der Waals surface area contributed by atoms with Crippen molar-refractivity contribution in [2.24, 2.45) is 0 Å². The largest absolute Gasteiger partial charge is 0.507 e. The van der Waals surface area contributed by atoms with E-state index in [9.17, 15) is 45.6 Å². The third kappa shape index (κ3) is 6.67. The molecule has 230 valence electrons. The second kappa shape index (κ2) is 13.3. The van der Waals surface area contributed by atoms with Crippen LogP contribution in [0.4, 0.5) is 0 Å². The summed E-state index contributed by atoms with van der Waals surface area (Å²) in [6.07, 6.45) is -12.9. The Bertz CT molecular complexity index is 1230. The normalized spacial score (nSPS) is 33.4. The van der Waals surface area contributed by atoms with Crippen LogP contribution in [0, 0.1) is 0 Å². The molecule has 0 bridgehead atoms. The lowest BCUT2D eigenvalue weighted by Crippen LogP contribution is -2.64. The van der Waals surface area contributed by atoms with Gasteiger partial charge in [-0.25, -0.2) is 0 Å². The SMILES string of the molecule is COc1ccc(/C=C/C(=O)c2c(O)cc(O[C@@H]3O[C@@H](CO)[C@@H](O)[C@@H](O)[C@H]3O[C@@H]3O[C@H](C)[C@H](O)[C@H](O)[C@@H]3O)cc2O)cc1. The number of carbonyl (C=O) groups excluding carboxylic acids is 1. The molecule has 4 rings (SSSR count). The average molecular weight is 595 g/mol. The molecule has 2 aromatic carbocycles. The minimum Gasteiger partial charge on any atom is -0.507 e. The summed E-state index contributed by atoms with van der Waals surface area (Å²) in [5.41, 5.74) is 0.236. The number of rotatable bonds is 9. The molecule has 14 heteroatoms. The van der Waals surface area contributed by atoms with Crippen LogP contribution in [0.2, 0.25) is 0 Å². The van der Waals surface area contributed by atoms with Gasteiger partial charge in [-0.2, -0.15) is 0 Å². The molecular weight excluding hydrogens is 560 g/mol. The number of methoxy groups -OCH3 is 1. The highest BCUT2D eigenvalue weighted by atomic mass is 16.8. The summed E-state index contributed by atoms with van der Waals surface area (Å²) in [5, 5.41) is 82.2. The Hall–Kier alpha value is -3.31. The Balaban J connectivity index is 1.54. The lowest BCUT2D eigenvalue weighted by molar-refractivity contribution is -0.354. The number of aliphatic hydroxyl groups excluding tert-OH is 6. The molecule has 2 aliphatic heterocycles. The molecule has 10 atom stereocenters. The molecule has 2 aliphatic rings. The van der Waals surface area contributed by atoms with E-state index in [1.54, 1.807) is 24.3 Å². The number of phenols is 2. The summed E-state index contributed by atoms with van der Waals surface area (Å²) in [7, 11) is 1.52. The number of hydrogen-bond donors (Lipinski definition) is 8. The van der Waals surface area contributed by atoms with Gasteiger partial charge in [0, 0.05) is 12.1 Å². The molecule has 0 saturated carbocycles. The van der Waals surface area contributed by atoms with Gasteiger partial charge in [-0.1, -0.05) is 18.2 Å². The fourth-order valence-electron chi connectivity index (χ4n) is 4.59. The maximum atomic E-state index is 12.7. The highest BCUT2D eigenvalue weighted by molar-refractivity contribution is 6.10. The van der Waals surface area contributed by atoms with Crippen molar-refractivity contribution in [3.8, 4) is 23.0 Å². The van der Waals surface area contributed by atoms with Crippen LogP contribution >= 0.6 is 0 Å². The maximum Gasteiger partial charge on any atom is 0.229 e. The standard InChI is InChI=1S/C28H34O14/c1-12-21(33)23(35)25(37)27(39-12)42-26-24(36)22(34)19(11-29)41-28(26)40-15-9-17(31)20(18(32)10-15)16(30)8-5-13-3-6-14(38-2)7-4-13/h3-10,12,19,21-29,31-37H,11H2,1-2H3/b8-5+/t12-,19+,21+,22-,23+,24-,25+,26-,27+,28-/m1/s1. The third-order valence-electron chi connectivity index (χ3n) is 7.04. The van der Waals surface area contributed by atoms with E-state index in [1.807, 2.05) is 0 Å². The predicted octanol–water partition coefficient (Wildman–Crippen LogP) is -0.967. The second-order valence-electron chi connectivity index (χ2n) is 9.91. The third-order valence-corrected chi connectivity index (χ3v) is 7.04. The number of ether oxygens (including phenoxy) is 5. The van der Waals surface area contributed by atoms with Crippen molar-refractivity contribution >= 4 is 11.9 Å². The van der Waals surface area contributed by atoms with Crippen molar-refractivity contribution in [3.05, 3.63) is 53.6 Å². The Kier molecular flexibility index (Phi) is 10.0. The van der Waals surface area contributed by atoms with Crippen molar-refractivity contribution in [2.75, 3.05) is 13.7 Å². The van der Waals surface area contributed by atoms with Gasteiger partial charge in [0.2, 0.25) is 6.29 Å². The van der Waals surface area contributed by atoms with Crippen LogP contribution in [0.5, 0.6) is 23.0 Å². The number of ketones is 1. The number of carbonyl (C=O) groups is 1. The highest BCUT2D eigenvalue weighted by Gasteiger charge is 2.50. The van der Waals surface area contributed by atoms with Crippen molar-refractivity contribution in [1.29, 1.82) is 0 Å². The zero-order valence-corrected chi connectivity index (χ0v) is 22.6. The quantitative estimate of drug-likeness (QED) is 0.129. The fraction of sp³-hybridized carbons (Fsp3) is 0.464. The molecule has 0 spiro atoms. The predicted molar refractivity (Wildman–Crippen MR) is 142 cm³/mol. The maximum absolute atomic E-state index is 12.7. The van der Waals surface area contributed by atoms with Crippen LogP contribution < -0.4 is 9.47 Å². The lowest BCUT2D eigenvalue weighted by Gasteiger charge is -2.45. The van der Waals surface area contributed by atoms with Crippen LogP contribution in [0.25, 0.3) is 6.08 Å². The van der Waals surface area contributed by atoms with Crippen molar-refractivity contribution in [2.45, 2.75) is 68.3 Å². The highest BCUT2D eigenvalue weighted by Crippen LogP contribution is 2.36. The number of hydrogen-bond acceptors (Lipinski definition) is 14. The first-order valence-corrected chi connectivity index (χ1v) is 13.0. The summed E-state index contributed by atoms with van der Waals surface area (Å²) in [6, 6.07) is 8.78. The van der Waals surface area contributed by atoms with Crippen LogP contribution in [0.15, 0.2) is 42.5 Å². The number of benzene rings is 2. The van der Waals surface area contributed by atoms with E-state index >= 15 is 0 Å². The van der Waals surface area contributed by atoms with Crippen LogP contribution in [-0.2, 0) is 14.2 Å². The van der Waals surface area contributed by atoms with Crippen LogP contribution in [-0.4, -0.2) is 122 Å². The summed E-state index contributed by atoms with van der Waals surface area (Å²) in [4.78, 5) is 12.7. The van der Waals surface area contributed by atoms with Gasteiger partial charge < -0.3 is 64.5 Å². The summed E-state index contributed by atoms with van der Waals surface area (Å²) in [6.45, 7) is 0.676. The summed E-state index contributed by atoms with van der Waals surface area (Å²) >= 11 is 0. The van der Waals surface area contributed by atoms with E-state index < -0.39 is 90.9 Å². The number of aliphatic hydroxyl groups is 6. The Morgan fingerprint density at radius 1 is 0.857 bits per heavy atom. The topological polar surface area (TPSA) is 225 Å². The van der Waals surface area contributed by atoms with E-state index in [0.29, 0.717) is 11.3 Å². The zero-order chi connectivity index (χ0) is 30.7. The number of allylic oxidation sites excluding steroid dienone is 1. The van der Waals surface area contributed by atoms with Gasteiger partial charge in [0.15, 0.2) is 18.2 Å². The van der Waals surface area contributed by atoms with E-state index in [0.717, 1.165) is 18.2 Å². The molecule has 0 amide bonds. The van der Waals surface area contributed by atoms with Gasteiger partial charge in [0.25, 0.3) is 0 Å². The minimum absolute atomic E-state index is 0.256. The van der Waals surface area contributed by atoms with Gasteiger partial charge in [0.1, 0.15) is 65.2 Å². The van der Waals surface area contributed by atoms with Crippen molar-refractivity contribution < 1.29 is 69.3 Å². The van der Waals surface area contributed by atoms with Crippen molar-refractivity contribution in [3.63, 3.8) is 0 Å². The summed E-state index contributed by atoms with van der Waals surface area (Å²) in [5.74, 6) is -1.66. The molecule has 0 radical (unpaired) electrons. The molecule has 0 aromatic heterocycles. The molecule has 42 heavy (non-hydrogen) atoms. The first kappa shape index (κ1) is 31.6. The van der Waals surface area contributed by atoms with Gasteiger partial charge in [-0.15, -0.1) is 0 Å². The van der Waals surface area contributed by atoms with Gasteiger partial charge in [-0.3, -0.25) is 4.79 Å². The molecule has 2 fully saturated rings. The average Bonchev–Trinajstić information content (AvgIpc) is 2.97. The second-order valence-corrected chi connectivity index (χ2v) is 9.91. The molecule has 2 heterocycles. The van der Waals surface area contributed by atoms with Gasteiger partial charge in [-0.05, 0) is 30.7 Å². The van der Waals surface area contributed by atoms with E-state index in [1.165, 1.54) is 20.1 Å². The molecule has 0 aliphatic carbocycles. The number of phenolic OH excluding ortho intramolecular Hbond substituents is 2. The smallest absolute Gasteiger partial charge is 0.229 e. The van der Waals surface area contributed by atoms with Gasteiger partial charge in [0.05, 0.1) is 19.8 Å². The molecule has 14 nitrogen and oxygen atoms in total. The van der Waals surface area contributed by atoms with E-state index in [4.69, 9.17) is 23.7 Å². The first-order valence-electron chi connectivity index (χ1n) is 13.0. The molecule has 2 saturated heterocycles. The Morgan fingerprint density at radius 2 is 1.50 bits per heavy atom. The monoisotopic (exact) mass is 594 g/mol. The lowest BCUT2D eigenvalue weighted by atomic mass is 9.97. The van der Waals surface area contributed by atoms with Crippen LogP contribution in [0.1, 0.15) is 22.8 Å². The fourth-order valence-corrected chi connectivity index (χ4v) is 4.59. The van der Waals surface area contributed by atoms with Gasteiger partial charge >= 0.3 is 0 Å².